The van der Waals surface area contributed by atoms with Crippen LogP contribution in [0.5, 0.6) is 0 Å². The summed E-state index contributed by atoms with van der Waals surface area (Å²) < 4.78 is 28.3. The van der Waals surface area contributed by atoms with Crippen molar-refractivity contribution in [2.24, 2.45) is 0 Å². The molecular weight excluding hydrogens is 280 g/mol. The molecule has 0 radical (unpaired) electrons. The van der Waals surface area contributed by atoms with Crippen molar-refractivity contribution >= 4 is 16.2 Å². The van der Waals surface area contributed by atoms with Gasteiger partial charge in [0, 0.05) is 46.3 Å². The van der Waals surface area contributed by atoms with Crippen LogP contribution in [0.4, 0.5) is 4.79 Å². The summed E-state index contributed by atoms with van der Waals surface area (Å²) in [6.45, 7) is 2.91. The molecule has 2 amide bonds. The van der Waals surface area contributed by atoms with E-state index < -0.39 is 10.2 Å². The van der Waals surface area contributed by atoms with Gasteiger partial charge in [-0.15, -0.1) is 0 Å². The molecule has 0 aromatic heterocycles. The number of rotatable bonds is 2. The summed E-state index contributed by atoms with van der Waals surface area (Å²) in [4.78, 5) is 13.2. The van der Waals surface area contributed by atoms with Crippen molar-refractivity contribution in [1.29, 1.82) is 0 Å². The molecule has 0 aromatic carbocycles. The lowest BCUT2D eigenvalue weighted by atomic mass is 10.2. The van der Waals surface area contributed by atoms with Crippen molar-refractivity contribution in [1.82, 2.24) is 18.8 Å². The van der Waals surface area contributed by atoms with Gasteiger partial charge in [0.05, 0.1) is 0 Å². The van der Waals surface area contributed by atoms with Crippen molar-refractivity contribution in [3.8, 4) is 0 Å². The zero-order valence-electron chi connectivity index (χ0n) is 12.0. The van der Waals surface area contributed by atoms with Gasteiger partial charge in [0.1, 0.15) is 0 Å². The van der Waals surface area contributed by atoms with Gasteiger partial charge in [-0.05, 0) is 12.8 Å². The molecule has 2 fully saturated rings. The molecule has 2 aliphatic heterocycles. The molecule has 8 heteroatoms. The average Bonchev–Trinajstić information content (AvgIpc) is 2.76. The van der Waals surface area contributed by atoms with E-state index >= 15 is 0 Å². The second-order valence-electron chi connectivity index (χ2n) is 5.26. The third-order valence-electron chi connectivity index (χ3n) is 3.96. The Hall–Kier alpha value is -0.860. The zero-order chi connectivity index (χ0) is 14.6. The molecule has 1 N–H and O–H groups in total. The first-order valence-electron chi connectivity index (χ1n) is 7.27. The number of nitrogens with zero attached hydrogens (tertiary/aromatic N) is 3. The van der Waals surface area contributed by atoms with Crippen LogP contribution in [0.3, 0.4) is 0 Å². The van der Waals surface area contributed by atoms with Gasteiger partial charge < -0.3 is 10.2 Å². The van der Waals surface area contributed by atoms with Gasteiger partial charge in [-0.1, -0.05) is 12.8 Å². The maximum Gasteiger partial charge on any atom is 0.317 e. The van der Waals surface area contributed by atoms with Crippen LogP contribution in [0.1, 0.15) is 25.7 Å². The van der Waals surface area contributed by atoms with E-state index in [2.05, 4.69) is 5.32 Å². The predicted molar refractivity (Wildman–Crippen MR) is 76.6 cm³/mol. The van der Waals surface area contributed by atoms with Gasteiger partial charge in [-0.2, -0.15) is 17.0 Å². The molecule has 7 nitrogen and oxygen atoms in total. The van der Waals surface area contributed by atoms with E-state index in [4.69, 9.17) is 0 Å². The van der Waals surface area contributed by atoms with Crippen molar-refractivity contribution in [2.75, 3.05) is 46.3 Å². The smallest absolute Gasteiger partial charge is 0.317 e. The maximum absolute atomic E-state index is 12.6. The number of nitrogens with one attached hydrogen (secondary N) is 1. The second-order valence-corrected chi connectivity index (χ2v) is 7.19. The summed E-state index contributed by atoms with van der Waals surface area (Å²) in [7, 11) is -1.77. The van der Waals surface area contributed by atoms with E-state index in [1.807, 2.05) is 0 Å². The average molecular weight is 304 g/mol. The predicted octanol–water partition coefficient (Wildman–Crippen LogP) is 0.0642. The number of hydrogen-bond donors (Lipinski definition) is 1. The van der Waals surface area contributed by atoms with Crippen LogP contribution in [-0.4, -0.2) is 74.3 Å². The SMILES string of the molecule is CNC(=O)N1CCN(S(=O)(=O)N2CCCCCC2)CC1. The highest BCUT2D eigenvalue weighted by Crippen LogP contribution is 2.17. The van der Waals surface area contributed by atoms with Crippen molar-refractivity contribution < 1.29 is 13.2 Å². The van der Waals surface area contributed by atoms with E-state index in [1.54, 1.807) is 16.3 Å². The Morgan fingerprint density at radius 1 is 0.850 bits per heavy atom. The summed E-state index contributed by atoms with van der Waals surface area (Å²) in [5.74, 6) is 0. The molecule has 0 spiro atoms. The molecular formula is C12H24N4O3S. The second kappa shape index (κ2) is 6.73. The fourth-order valence-corrected chi connectivity index (χ4v) is 4.39. The first-order valence-corrected chi connectivity index (χ1v) is 8.67. The maximum atomic E-state index is 12.6. The molecule has 0 atom stereocenters. The molecule has 0 aliphatic carbocycles. The number of hydrogen-bond acceptors (Lipinski definition) is 3. The highest BCUT2D eigenvalue weighted by molar-refractivity contribution is 7.86. The van der Waals surface area contributed by atoms with Crippen LogP contribution >= 0.6 is 0 Å². The molecule has 2 heterocycles. The Bertz CT molecular complexity index is 424. The first-order chi connectivity index (χ1) is 9.55. The third kappa shape index (κ3) is 3.42. The molecule has 2 aliphatic rings. The highest BCUT2D eigenvalue weighted by Gasteiger charge is 2.33. The largest absolute Gasteiger partial charge is 0.341 e. The van der Waals surface area contributed by atoms with Crippen molar-refractivity contribution in [2.45, 2.75) is 25.7 Å². The highest BCUT2D eigenvalue weighted by atomic mass is 32.2. The minimum Gasteiger partial charge on any atom is -0.341 e. The summed E-state index contributed by atoms with van der Waals surface area (Å²) >= 11 is 0. The fraction of sp³-hybridized carbons (Fsp3) is 0.917. The molecule has 0 aromatic rings. The van der Waals surface area contributed by atoms with Crippen LogP contribution in [0.2, 0.25) is 0 Å². The minimum atomic E-state index is -3.36. The van der Waals surface area contributed by atoms with Gasteiger partial charge in [0.15, 0.2) is 0 Å². The summed E-state index contributed by atoms with van der Waals surface area (Å²) in [6, 6.07) is -0.142. The summed E-state index contributed by atoms with van der Waals surface area (Å²) in [5, 5.41) is 2.57. The van der Waals surface area contributed by atoms with Gasteiger partial charge in [0.2, 0.25) is 0 Å². The van der Waals surface area contributed by atoms with Crippen molar-refractivity contribution in [3.05, 3.63) is 0 Å². The summed E-state index contributed by atoms with van der Waals surface area (Å²) in [5.41, 5.74) is 0. The monoisotopic (exact) mass is 304 g/mol. The topological polar surface area (TPSA) is 73.0 Å². The van der Waals surface area contributed by atoms with Crippen LogP contribution < -0.4 is 5.32 Å². The summed E-state index contributed by atoms with van der Waals surface area (Å²) in [6.07, 6.45) is 4.10. The standard InChI is InChI=1S/C12H24N4O3S/c1-13-12(17)14-8-10-16(11-9-14)20(18,19)15-6-4-2-3-5-7-15/h2-11H2,1H3,(H,13,17). The van der Waals surface area contributed by atoms with Crippen LogP contribution in [0.15, 0.2) is 0 Å². The lowest BCUT2D eigenvalue weighted by Crippen LogP contribution is -2.55. The Kier molecular flexibility index (Phi) is 5.22. The fourth-order valence-electron chi connectivity index (χ4n) is 2.72. The van der Waals surface area contributed by atoms with Gasteiger partial charge in [0.25, 0.3) is 10.2 Å². The number of amides is 2. The Morgan fingerprint density at radius 2 is 1.35 bits per heavy atom. The zero-order valence-corrected chi connectivity index (χ0v) is 12.9. The van der Waals surface area contributed by atoms with Gasteiger partial charge in [-0.25, -0.2) is 4.79 Å². The van der Waals surface area contributed by atoms with E-state index in [0.29, 0.717) is 39.3 Å². The quantitative estimate of drug-likeness (QED) is 0.784. The Balaban J connectivity index is 1.96. The first kappa shape index (κ1) is 15.5. The lowest BCUT2D eigenvalue weighted by molar-refractivity contribution is 0.171. The van der Waals surface area contributed by atoms with E-state index in [-0.39, 0.29) is 6.03 Å². The van der Waals surface area contributed by atoms with Gasteiger partial charge in [-0.3, -0.25) is 0 Å². The molecule has 0 saturated carbocycles. The molecule has 2 rings (SSSR count). The van der Waals surface area contributed by atoms with E-state index in [1.165, 1.54) is 4.31 Å². The Labute approximate surface area is 121 Å². The van der Waals surface area contributed by atoms with Gasteiger partial charge >= 0.3 is 6.03 Å². The molecule has 0 bridgehead atoms. The number of carbonyl (C=O) groups excluding carboxylic acids is 1. The Morgan fingerprint density at radius 3 is 1.85 bits per heavy atom. The van der Waals surface area contributed by atoms with E-state index in [0.717, 1.165) is 25.7 Å². The lowest BCUT2D eigenvalue weighted by Gasteiger charge is -2.36. The number of urea groups is 1. The molecule has 2 saturated heterocycles. The normalized spacial score (nSPS) is 23.4. The van der Waals surface area contributed by atoms with Crippen LogP contribution in [0, 0.1) is 0 Å². The molecule has 0 unspecified atom stereocenters. The van der Waals surface area contributed by atoms with Crippen molar-refractivity contribution in [3.63, 3.8) is 0 Å². The molecule has 116 valence electrons. The number of carbonyl (C=O) groups is 1. The molecule has 20 heavy (non-hydrogen) atoms. The van der Waals surface area contributed by atoms with Crippen LogP contribution in [-0.2, 0) is 10.2 Å². The third-order valence-corrected chi connectivity index (χ3v) is 5.99. The minimum absolute atomic E-state index is 0.142. The number of piperazine rings is 1. The van der Waals surface area contributed by atoms with Crippen LogP contribution in [0.25, 0.3) is 0 Å². The van der Waals surface area contributed by atoms with E-state index in [9.17, 15) is 13.2 Å².